The Morgan fingerprint density at radius 1 is 1.12 bits per heavy atom. The third-order valence-corrected chi connectivity index (χ3v) is 2.98. The van der Waals surface area contributed by atoms with Gasteiger partial charge in [0, 0.05) is 0 Å². The van der Waals surface area contributed by atoms with Gasteiger partial charge >= 0.3 is 0 Å². The predicted octanol–water partition coefficient (Wildman–Crippen LogP) is 3.53. The highest BCUT2D eigenvalue weighted by atomic mass is 35.5. The molecule has 0 saturated heterocycles. The smallest absolute Gasteiger partial charge is 0.229 e. The van der Waals surface area contributed by atoms with Crippen molar-refractivity contribution < 1.29 is 0 Å². The van der Waals surface area contributed by atoms with Crippen molar-refractivity contribution in [2.45, 2.75) is 33.1 Å². The number of nitrogens with zero attached hydrogens (tertiary/aromatic N) is 3. The van der Waals surface area contributed by atoms with Crippen molar-refractivity contribution in [2.75, 3.05) is 0 Å². The molecule has 0 bridgehead atoms. The molecule has 0 aliphatic rings. The van der Waals surface area contributed by atoms with Gasteiger partial charge in [-0.05, 0) is 35.6 Å². The van der Waals surface area contributed by atoms with Crippen LogP contribution >= 0.6 is 11.6 Å². The number of benzene rings is 1. The Bertz CT molecular complexity index is 518. The number of para-hydroxylation sites is 1. The Hall–Kier alpha value is -1.35. The molecule has 1 aromatic carbocycles. The van der Waals surface area contributed by atoms with Gasteiger partial charge in [0.25, 0.3) is 0 Å². The van der Waals surface area contributed by atoms with Crippen molar-refractivity contribution in [1.29, 1.82) is 0 Å². The van der Waals surface area contributed by atoms with E-state index >= 15 is 0 Å². The van der Waals surface area contributed by atoms with Crippen LogP contribution in [0.2, 0.25) is 5.28 Å². The lowest BCUT2D eigenvalue weighted by molar-refractivity contribution is 0.585. The maximum Gasteiger partial charge on any atom is 0.229 e. The van der Waals surface area contributed by atoms with E-state index in [4.69, 9.17) is 11.6 Å². The molecule has 0 fully saturated rings. The average molecular weight is 250 g/mol. The molecular formula is C13H16ClN3. The Balaban J connectivity index is 2.69. The first-order valence-corrected chi connectivity index (χ1v) is 5.96. The van der Waals surface area contributed by atoms with Gasteiger partial charge in [-0.3, -0.25) is 4.57 Å². The first-order valence-electron chi connectivity index (χ1n) is 5.58. The van der Waals surface area contributed by atoms with E-state index in [2.05, 4.69) is 37.0 Å². The monoisotopic (exact) mass is 249 g/mol. The summed E-state index contributed by atoms with van der Waals surface area (Å²) >= 11 is 6.09. The van der Waals surface area contributed by atoms with Crippen LogP contribution in [0.1, 0.15) is 32.2 Å². The topological polar surface area (TPSA) is 30.7 Å². The van der Waals surface area contributed by atoms with Crippen LogP contribution < -0.4 is 0 Å². The molecular weight excluding hydrogens is 234 g/mol. The highest BCUT2D eigenvalue weighted by molar-refractivity contribution is 6.28. The van der Waals surface area contributed by atoms with Gasteiger partial charge in [-0.25, -0.2) is 0 Å². The normalized spacial score (nSPS) is 11.8. The van der Waals surface area contributed by atoms with Crippen molar-refractivity contribution in [3.05, 3.63) is 40.9 Å². The highest BCUT2D eigenvalue weighted by Gasteiger charge is 2.20. The molecule has 0 unspecified atom stereocenters. The van der Waals surface area contributed by atoms with Crippen molar-refractivity contribution >= 4 is 11.6 Å². The molecule has 0 aliphatic carbocycles. The lowest BCUT2D eigenvalue weighted by Gasteiger charge is -2.23. The van der Waals surface area contributed by atoms with Crippen LogP contribution in [-0.4, -0.2) is 14.8 Å². The van der Waals surface area contributed by atoms with E-state index in [1.807, 2.05) is 29.7 Å². The zero-order valence-corrected chi connectivity index (χ0v) is 11.3. The van der Waals surface area contributed by atoms with Crippen LogP contribution in [0.15, 0.2) is 24.3 Å². The molecule has 1 heterocycles. The molecule has 0 N–H and O–H groups in total. The van der Waals surface area contributed by atoms with Gasteiger partial charge in [0.05, 0.1) is 5.69 Å². The number of rotatable bonds is 1. The van der Waals surface area contributed by atoms with E-state index in [0.29, 0.717) is 5.28 Å². The largest absolute Gasteiger partial charge is 0.270 e. The fraction of sp³-hybridized carbons (Fsp3) is 0.385. The minimum atomic E-state index is 0.0522. The summed E-state index contributed by atoms with van der Waals surface area (Å²) in [6, 6.07) is 8.20. The van der Waals surface area contributed by atoms with E-state index in [1.54, 1.807) is 0 Å². The number of halogens is 1. The number of aryl methyl sites for hydroxylation is 1. The van der Waals surface area contributed by atoms with E-state index in [-0.39, 0.29) is 5.41 Å². The summed E-state index contributed by atoms with van der Waals surface area (Å²) in [6.07, 6.45) is 0. The lowest BCUT2D eigenvalue weighted by atomic mass is 9.86. The number of hydrogen-bond acceptors (Lipinski definition) is 2. The minimum Gasteiger partial charge on any atom is -0.270 e. The maximum absolute atomic E-state index is 6.09. The molecule has 0 spiro atoms. The van der Waals surface area contributed by atoms with Crippen molar-refractivity contribution in [1.82, 2.24) is 14.8 Å². The lowest BCUT2D eigenvalue weighted by Crippen LogP contribution is -2.15. The molecule has 4 heteroatoms. The van der Waals surface area contributed by atoms with Crippen LogP contribution in [0.25, 0.3) is 5.69 Å². The van der Waals surface area contributed by atoms with Crippen LogP contribution in [-0.2, 0) is 5.41 Å². The second-order valence-corrected chi connectivity index (χ2v) is 5.46. The van der Waals surface area contributed by atoms with Crippen LogP contribution in [0.3, 0.4) is 0 Å². The SMILES string of the molecule is Cc1nnc(Cl)n1-c1ccccc1C(C)(C)C. The van der Waals surface area contributed by atoms with Crippen molar-refractivity contribution in [3.63, 3.8) is 0 Å². The standard InChI is InChI=1S/C13H16ClN3/c1-9-15-16-12(14)17(9)11-8-6-5-7-10(11)13(2,3)4/h5-8H,1-4H3. The zero-order valence-electron chi connectivity index (χ0n) is 10.5. The van der Waals surface area contributed by atoms with Crippen molar-refractivity contribution in [3.8, 4) is 5.69 Å². The summed E-state index contributed by atoms with van der Waals surface area (Å²) < 4.78 is 1.88. The average Bonchev–Trinajstić information content (AvgIpc) is 2.57. The molecule has 0 saturated carbocycles. The number of hydrogen-bond donors (Lipinski definition) is 0. The summed E-state index contributed by atoms with van der Waals surface area (Å²) in [7, 11) is 0. The van der Waals surface area contributed by atoms with Gasteiger partial charge < -0.3 is 0 Å². The number of aromatic nitrogens is 3. The second-order valence-electron chi connectivity index (χ2n) is 5.12. The third kappa shape index (κ3) is 2.20. The summed E-state index contributed by atoms with van der Waals surface area (Å²) in [4.78, 5) is 0. The first-order chi connectivity index (χ1) is 7.91. The Morgan fingerprint density at radius 2 is 1.76 bits per heavy atom. The minimum absolute atomic E-state index is 0.0522. The van der Waals surface area contributed by atoms with Gasteiger partial charge in [-0.1, -0.05) is 39.0 Å². The summed E-state index contributed by atoms with van der Waals surface area (Å²) in [5.41, 5.74) is 2.33. The molecule has 90 valence electrons. The summed E-state index contributed by atoms with van der Waals surface area (Å²) in [5, 5.41) is 8.29. The van der Waals surface area contributed by atoms with Gasteiger partial charge in [-0.15, -0.1) is 10.2 Å². The third-order valence-electron chi connectivity index (χ3n) is 2.74. The molecule has 0 amide bonds. The Morgan fingerprint density at radius 3 is 2.29 bits per heavy atom. The van der Waals surface area contributed by atoms with Crippen molar-refractivity contribution in [2.24, 2.45) is 0 Å². The van der Waals surface area contributed by atoms with Gasteiger partial charge in [0.1, 0.15) is 5.82 Å². The quantitative estimate of drug-likeness (QED) is 0.774. The van der Waals surface area contributed by atoms with Crippen LogP contribution in [0.5, 0.6) is 0 Å². The summed E-state index contributed by atoms with van der Waals surface area (Å²) in [5.74, 6) is 0.798. The van der Waals surface area contributed by atoms with E-state index in [1.165, 1.54) is 5.56 Å². The summed E-state index contributed by atoms with van der Waals surface area (Å²) in [6.45, 7) is 8.44. The van der Waals surface area contributed by atoms with Crippen LogP contribution in [0, 0.1) is 6.92 Å². The Kier molecular flexibility index (Phi) is 2.96. The fourth-order valence-corrected chi connectivity index (χ4v) is 2.16. The molecule has 0 radical (unpaired) electrons. The molecule has 2 rings (SSSR count). The van der Waals surface area contributed by atoms with Gasteiger partial charge in [-0.2, -0.15) is 0 Å². The Labute approximate surface area is 106 Å². The molecule has 3 nitrogen and oxygen atoms in total. The fourth-order valence-electron chi connectivity index (χ4n) is 1.91. The van der Waals surface area contributed by atoms with E-state index in [9.17, 15) is 0 Å². The zero-order chi connectivity index (χ0) is 12.6. The molecule has 0 atom stereocenters. The molecule has 17 heavy (non-hydrogen) atoms. The van der Waals surface area contributed by atoms with E-state index in [0.717, 1.165) is 11.5 Å². The maximum atomic E-state index is 6.09. The van der Waals surface area contributed by atoms with E-state index < -0.39 is 0 Å². The van der Waals surface area contributed by atoms with Gasteiger partial charge in [0.2, 0.25) is 5.28 Å². The molecule has 2 aromatic rings. The molecule has 1 aromatic heterocycles. The molecule has 0 aliphatic heterocycles. The first kappa shape index (κ1) is 12.1. The second kappa shape index (κ2) is 4.15. The highest BCUT2D eigenvalue weighted by Crippen LogP contribution is 2.30. The predicted molar refractivity (Wildman–Crippen MR) is 69.8 cm³/mol. The van der Waals surface area contributed by atoms with Gasteiger partial charge in [0.15, 0.2) is 0 Å². The van der Waals surface area contributed by atoms with Crippen LogP contribution in [0.4, 0.5) is 0 Å².